The molecule has 1 fully saturated rings. The molecule has 43 heavy (non-hydrogen) atoms. The van der Waals surface area contributed by atoms with Crippen LogP contribution in [0.25, 0.3) is 11.1 Å². The third kappa shape index (κ3) is 6.89. The highest BCUT2D eigenvalue weighted by Crippen LogP contribution is 2.44. The van der Waals surface area contributed by atoms with Gasteiger partial charge in [0.25, 0.3) is 0 Å². The zero-order valence-electron chi connectivity index (χ0n) is 24.7. The molecule has 226 valence electrons. The van der Waals surface area contributed by atoms with Crippen LogP contribution in [0.15, 0.2) is 78.9 Å². The molecule has 2 aliphatic rings. The summed E-state index contributed by atoms with van der Waals surface area (Å²) in [6, 6.07) is 23.6. The summed E-state index contributed by atoms with van der Waals surface area (Å²) in [6.45, 7) is 0.566. The van der Waals surface area contributed by atoms with Crippen LogP contribution in [0, 0.1) is 0 Å². The molecular formula is C34H39N3O6. The third-order valence-corrected chi connectivity index (χ3v) is 8.37. The van der Waals surface area contributed by atoms with Crippen molar-refractivity contribution in [1.82, 2.24) is 9.80 Å². The lowest BCUT2D eigenvalue weighted by Gasteiger charge is -2.34. The van der Waals surface area contributed by atoms with Gasteiger partial charge < -0.3 is 24.8 Å². The van der Waals surface area contributed by atoms with E-state index in [0.717, 1.165) is 40.7 Å². The van der Waals surface area contributed by atoms with Gasteiger partial charge in [0.1, 0.15) is 18.7 Å². The number of carbonyl (C=O) groups excluding carboxylic acids is 3. The second-order valence-corrected chi connectivity index (χ2v) is 11.1. The van der Waals surface area contributed by atoms with Gasteiger partial charge in [-0.15, -0.1) is 0 Å². The van der Waals surface area contributed by atoms with E-state index in [1.165, 1.54) is 23.9 Å². The van der Waals surface area contributed by atoms with Gasteiger partial charge in [-0.1, -0.05) is 78.9 Å². The first-order valence-electron chi connectivity index (χ1n) is 14.8. The topological polar surface area (TPSA) is 111 Å². The molecule has 0 bridgehead atoms. The summed E-state index contributed by atoms with van der Waals surface area (Å²) in [5.74, 6) is -1.25. The van der Waals surface area contributed by atoms with Crippen molar-refractivity contribution in [2.75, 3.05) is 33.9 Å². The Balaban J connectivity index is 1.32. The molecule has 3 amide bonds. The van der Waals surface area contributed by atoms with E-state index in [4.69, 9.17) is 19.9 Å². The van der Waals surface area contributed by atoms with Gasteiger partial charge in [-0.3, -0.25) is 14.5 Å². The van der Waals surface area contributed by atoms with Crippen molar-refractivity contribution in [2.45, 2.75) is 50.0 Å². The number of nitrogens with zero attached hydrogens (tertiary/aromatic N) is 2. The molecule has 3 aromatic carbocycles. The molecule has 1 aliphatic carbocycles. The van der Waals surface area contributed by atoms with E-state index in [2.05, 4.69) is 12.1 Å². The second kappa shape index (κ2) is 13.8. The average molecular weight is 586 g/mol. The number of nitrogens with two attached hydrogens (primary N) is 1. The van der Waals surface area contributed by atoms with E-state index in [0.29, 0.717) is 13.0 Å². The Labute approximate surface area is 252 Å². The van der Waals surface area contributed by atoms with Crippen LogP contribution in [-0.2, 0) is 30.2 Å². The quantitative estimate of drug-likeness (QED) is 0.359. The van der Waals surface area contributed by atoms with E-state index in [1.807, 2.05) is 66.7 Å². The average Bonchev–Trinajstić information content (AvgIpc) is 3.36. The summed E-state index contributed by atoms with van der Waals surface area (Å²) in [5, 5.41) is 0. The Bertz CT molecular complexity index is 1380. The monoisotopic (exact) mass is 585 g/mol. The molecule has 9 nitrogen and oxygen atoms in total. The van der Waals surface area contributed by atoms with Gasteiger partial charge in [-0.05, 0) is 47.1 Å². The molecule has 9 heteroatoms. The normalized spacial score (nSPS) is 17.3. The first-order chi connectivity index (χ1) is 20.8. The van der Waals surface area contributed by atoms with Crippen molar-refractivity contribution in [1.29, 1.82) is 0 Å². The summed E-state index contributed by atoms with van der Waals surface area (Å²) in [6.07, 6.45) is 1.70. The molecule has 5 rings (SSSR count). The van der Waals surface area contributed by atoms with Crippen molar-refractivity contribution in [2.24, 2.45) is 5.73 Å². The molecule has 3 atom stereocenters. The lowest BCUT2D eigenvalue weighted by molar-refractivity contribution is -0.174. The fourth-order valence-electron chi connectivity index (χ4n) is 5.87. The first kappa shape index (κ1) is 30.3. The van der Waals surface area contributed by atoms with Gasteiger partial charge in [-0.2, -0.15) is 0 Å². The van der Waals surface area contributed by atoms with Gasteiger partial charge >= 0.3 is 6.09 Å². The van der Waals surface area contributed by atoms with Gasteiger partial charge in [-0.25, -0.2) is 4.79 Å². The third-order valence-electron chi connectivity index (χ3n) is 8.37. The SMILES string of the molecule is CN(C(=O)OCC1c2ccccc2-c2ccccc21)[C@@H](COC1CCCCO1)C(=O)N(C)[C@@H](Cc1ccccc1)C(N)=O. The number of hydrogen-bond donors (Lipinski definition) is 1. The fourth-order valence-corrected chi connectivity index (χ4v) is 5.87. The maximum absolute atomic E-state index is 13.9. The fraction of sp³-hybridized carbons (Fsp3) is 0.382. The van der Waals surface area contributed by atoms with E-state index < -0.39 is 36.3 Å². The summed E-state index contributed by atoms with van der Waals surface area (Å²) < 4.78 is 17.5. The highest BCUT2D eigenvalue weighted by atomic mass is 16.7. The van der Waals surface area contributed by atoms with Crippen LogP contribution in [0.5, 0.6) is 0 Å². The Hall–Kier alpha value is -4.21. The predicted octanol–water partition coefficient (Wildman–Crippen LogP) is 4.33. The van der Waals surface area contributed by atoms with Crippen molar-refractivity contribution < 1.29 is 28.6 Å². The standard InChI is InChI=1S/C34H39N3O6/c1-36(29(32(35)38)20-23-12-4-3-5-13-23)33(39)30(22-42-31-18-10-11-19-41-31)37(2)34(40)43-21-28-26-16-8-6-14-24(26)25-15-7-9-17-27(25)28/h3-9,12-17,28-31H,10-11,18-22H2,1-2H3,(H2,35,38)/t29-,30-,31?/m0/s1. The van der Waals surface area contributed by atoms with E-state index in [1.54, 1.807) is 0 Å². The lowest BCUT2D eigenvalue weighted by Crippen LogP contribution is -2.56. The molecule has 1 saturated heterocycles. The Morgan fingerprint density at radius 1 is 0.860 bits per heavy atom. The number of amides is 3. The minimum absolute atomic E-state index is 0.110. The van der Waals surface area contributed by atoms with Gasteiger partial charge in [0, 0.05) is 33.0 Å². The predicted molar refractivity (Wildman–Crippen MR) is 162 cm³/mol. The van der Waals surface area contributed by atoms with Crippen molar-refractivity contribution in [3.63, 3.8) is 0 Å². The molecule has 0 spiro atoms. The zero-order valence-corrected chi connectivity index (χ0v) is 24.7. The van der Waals surface area contributed by atoms with Crippen LogP contribution in [0.3, 0.4) is 0 Å². The number of fused-ring (bicyclic) bond motifs is 3. The van der Waals surface area contributed by atoms with Crippen LogP contribution in [0.1, 0.15) is 41.9 Å². The number of hydrogen-bond acceptors (Lipinski definition) is 6. The van der Waals surface area contributed by atoms with Crippen LogP contribution in [0.2, 0.25) is 0 Å². The van der Waals surface area contributed by atoms with Crippen LogP contribution in [0.4, 0.5) is 4.79 Å². The van der Waals surface area contributed by atoms with E-state index in [-0.39, 0.29) is 25.6 Å². The Kier molecular flexibility index (Phi) is 9.74. The van der Waals surface area contributed by atoms with Crippen molar-refractivity contribution >= 4 is 17.9 Å². The van der Waals surface area contributed by atoms with Crippen molar-refractivity contribution in [3.05, 3.63) is 95.6 Å². The first-order valence-corrected chi connectivity index (χ1v) is 14.8. The molecule has 3 aromatic rings. The molecule has 1 aliphatic heterocycles. The smallest absolute Gasteiger partial charge is 0.410 e. The maximum atomic E-state index is 13.9. The van der Waals surface area contributed by atoms with Crippen LogP contribution in [-0.4, -0.2) is 80.0 Å². The van der Waals surface area contributed by atoms with Crippen LogP contribution >= 0.6 is 0 Å². The molecule has 1 unspecified atom stereocenters. The minimum atomic E-state index is -1.07. The summed E-state index contributed by atoms with van der Waals surface area (Å²) >= 11 is 0. The summed E-state index contributed by atoms with van der Waals surface area (Å²) in [7, 11) is 3.03. The molecule has 0 saturated carbocycles. The summed E-state index contributed by atoms with van der Waals surface area (Å²) in [5.41, 5.74) is 11.0. The zero-order chi connectivity index (χ0) is 30.3. The number of ether oxygens (including phenoxy) is 3. The number of carbonyl (C=O) groups is 3. The van der Waals surface area contributed by atoms with Crippen molar-refractivity contribution in [3.8, 4) is 11.1 Å². The number of primary amides is 1. The molecule has 2 N–H and O–H groups in total. The number of likely N-dealkylation sites (N-methyl/N-ethyl adjacent to an activating group) is 2. The van der Waals surface area contributed by atoms with Gasteiger partial charge in [0.15, 0.2) is 6.29 Å². The largest absolute Gasteiger partial charge is 0.448 e. The minimum Gasteiger partial charge on any atom is -0.448 e. The maximum Gasteiger partial charge on any atom is 0.410 e. The molecule has 1 heterocycles. The highest BCUT2D eigenvalue weighted by Gasteiger charge is 2.37. The highest BCUT2D eigenvalue weighted by molar-refractivity contribution is 5.91. The molecule has 0 radical (unpaired) electrons. The number of rotatable bonds is 11. The van der Waals surface area contributed by atoms with E-state index >= 15 is 0 Å². The second-order valence-electron chi connectivity index (χ2n) is 11.1. The van der Waals surface area contributed by atoms with Gasteiger partial charge in [0.05, 0.1) is 6.61 Å². The Morgan fingerprint density at radius 2 is 1.49 bits per heavy atom. The van der Waals surface area contributed by atoms with E-state index in [9.17, 15) is 14.4 Å². The molecule has 0 aromatic heterocycles. The molecular weight excluding hydrogens is 546 g/mol. The summed E-state index contributed by atoms with van der Waals surface area (Å²) in [4.78, 5) is 42.5. The number of benzene rings is 3. The Morgan fingerprint density at radius 3 is 2.09 bits per heavy atom. The van der Waals surface area contributed by atoms with Crippen LogP contribution < -0.4 is 5.73 Å². The lowest BCUT2D eigenvalue weighted by atomic mass is 9.98. The van der Waals surface area contributed by atoms with Gasteiger partial charge in [0.2, 0.25) is 11.8 Å².